The third-order valence-corrected chi connectivity index (χ3v) is 38.6. The molecule has 117 heavy (non-hydrogen) atoms. The number of allylic oxidation sites excluding steroid dienone is 12. The Bertz CT molecular complexity index is 5120. The summed E-state index contributed by atoms with van der Waals surface area (Å²) in [6.45, 7) is 74.2. The molecule has 0 spiro atoms. The Kier molecular flexibility index (Phi) is 18.5. The molecule has 21 atom stereocenters. The number of Topliss-reactive ketones (excluding diaryl/α,β-unsaturated/α-hetero) is 3. The average Bonchev–Trinajstić information content (AvgIpc) is 1.04. The molecule has 3 aromatic rings. The largest absolute Gasteiger partial charge is 0.446 e. The maximum absolute atomic E-state index is 14.6. The highest BCUT2D eigenvalue weighted by molar-refractivity contribution is 6.05. The van der Waals surface area contributed by atoms with Gasteiger partial charge in [-0.25, -0.2) is 19.5 Å². The van der Waals surface area contributed by atoms with Gasteiger partial charge in [-0.1, -0.05) is 186 Å². The van der Waals surface area contributed by atoms with Gasteiger partial charge in [-0.05, 0) is 257 Å². The van der Waals surface area contributed by atoms with Crippen LogP contribution in [0.1, 0.15) is 309 Å². The summed E-state index contributed by atoms with van der Waals surface area (Å²) >= 11 is 0. The van der Waals surface area contributed by atoms with Gasteiger partial charge in [0.15, 0.2) is 46.4 Å². The van der Waals surface area contributed by atoms with Crippen LogP contribution in [-0.4, -0.2) is 60.0 Å². The Labute approximate surface area is 695 Å². The number of nitrogens with zero attached hydrogens (tertiary/aromatic N) is 8. The van der Waals surface area contributed by atoms with Crippen molar-refractivity contribution in [3.63, 3.8) is 0 Å². The van der Waals surface area contributed by atoms with Crippen molar-refractivity contribution < 1.29 is 42.1 Å². The molecule has 17 heteroatoms. The summed E-state index contributed by atoms with van der Waals surface area (Å²) in [5, 5.41) is 12.7. The lowest BCUT2D eigenvalue weighted by Crippen LogP contribution is -2.65. The minimum Gasteiger partial charge on any atom is -0.446 e. The van der Waals surface area contributed by atoms with Gasteiger partial charge in [-0.2, -0.15) is 4.98 Å². The molecular formula is C100H130N8O9. The molecule has 15 aliphatic rings. The van der Waals surface area contributed by atoms with E-state index >= 15 is 0 Å². The second-order valence-electron chi connectivity index (χ2n) is 46.8. The van der Waals surface area contributed by atoms with E-state index in [0.29, 0.717) is 11.7 Å². The van der Waals surface area contributed by atoms with Crippen LogP contribution in [0.5, 0.6) is 0 Å². The third kappa shape index (κ3) is 11.2. The summed E-state index contributed by atoms with van der Waals surface area (Å²) < 4.78 is 17.8. The van der Waals surface area contributed by atoms with Gasteiger partial charge in [0.05, 0.1) is 36.7 Å². The Hall–Kier alpha value is -7.58. The second-order valence-corrected chi connectivity index (χ2v) is 46.8. The molecule has 3 heterocycles. The maximum atomic E-state index is 14.6. The zero-order valence-corrected chi connectivity index (χ0v) is 74.6. The fourth-order valence-corrected chi connectivity index (χ4v) is 31.6. The lowest BCUT2D eigenvalue weighted by atomic mass is 9.34. The van der Waals surface area contributed by atoms with Crippen molar-refractivity contribution in [2.75, 3.05) is 0 Å². The Morgan fingerprint density at radius 1 is 0.436 bits per heavy atom. The highest BCUT2D eigenvalue weighted by atomic mass is 16.5. The van der Waals surface area contributed by atoms with Crippen molar-refractivity contribution in [2.45, 2.75) is 311 Å². The molecule has 0 N–H and O–H groups in total. The number of fused-ring (bicyclic) bond motifs is 21. The maximum Gasteiger partial charge on any atom is 0.233 e. The fourth-order valence-electron chi connectivity index (χ4n) is 31.6. The first-order chi connectivity index (χ1) is 54.2. The number of aromatic nitrogens is 5. The van der Waals surface area contributed by atoms with E-state index in [1.807, 2.05) is 98.0 Å². The molecule has 0 amide bonds. The molecule has 9 fully saturated rings. The number of carbonyl (C=O) groups excluding carboxylic acids is 6. The van der Waals surface area contributed by atoms with Gasteiger partial charge in [0.25, 0.3) is 0 Å². The molecule has 15 aliphatic carbocycles. The van der Waals surface area contributed by atoms with Crippen LogP contribution >= 0.6 is 0 Å². The predicted octanol–water partition coefficient (Wildman–Crippen LogP) is 22.2. The van der Waals surface area contributed by atoms with E-state index in [1.54, 1.807) is 0 Å². The normalized spacial score (nSPS) is 44.1. The van der Waals surface area contributed by atoms with E-state index in [0.717, 1.165) is 170 Å². The quantitative estimate of drug-likeness (QED) is 0.222. The molecule has 9 saturated carbocycles. The molecular weight excluding hydrogens is 1460 g/mol. The standard InChI is InChI=1S/C35H46N2O3.C33H43N3O3.C32H41N3O3/c1-21-20-37-27(40-21)19-35-14-12-30(2,3)17-22(35)28-24(38)16-26-32(6)18-23(36-9)29(39)31(4,5)25(32)10-11-33(26,7)34(28,8)13-15-35;1-19-35-27(39-36-19)33-14-12-28(2,3)17-20(33)25-22(37)16-24-30(6)18-21(34-9)26(38)29(4,5)23(30)10-11-31(24,7)32(25,8)13-15-33;1-27(2)11-13-32(26-35-34-18-38-26)14-12-31(7)24(19(32)16-27)21(36)15-23-29(5)17-20(33-8)25(37)28(3,4)22(29)9-10-30(23,31)6/h16,18,20,22,25,28H,10-15,17,19H2,1-8H3;16,18,20,23,25H,10-15,17H2,1-8H3;15,17-19,22,24H,9-14,16H2,1-7H3/t22-,25-,28-,32-,33+,34+,35+;20-,23-,25-,30-,31+,32+,33-;19-,22-,24-,29-,30+,31+,32-/m000/s1. The second kappa shape index (κ2) is 26.0. The third-order valence-electron chi connectivity index (χ3n) is 38.6. The SMILES string of the molecule is [C-]#[N+]C1=C[C@]2(C)C3=CC(=O)[C@@H]4[C@@H]5CC(C)(C)CC[C@]5(Cc5ncc(C)o5)CC[C@@]4(C)[C@]3(C)CC[C@H]2C(C)(C)C1=O.[C-]#[N+]C1=C[C@]2(C)C3=CC(=O)[C@@H]4[C@@H]5CC(C)(C)CC[C@]5(c5nc(C)no5)CC[C@@]4(C)[C@]3(C)CC[C@H]2C(C)(C)C1=O.[C-]#[N+]C1=C[C@]2(C)C3=CC(=O)[C@@H]4[C@@H]5CC(C)(C)CC[C@]5(c5nnco5)CC[C@@]4(C)[C@]3(C)CC[C@H]2C(C)(C)C1=O. The van der Waals surface area contributed by atoms with Gasteiger partial charge in [0.2, 0.25) is 35.3 Å². The monoisotopic (exact) mass is 1590 g/mol. The lowest BCUT2D eigenvalue weighted by Gasteiger charge is -2.69. The Balaban J connectivity index is 0.000000131. The number of aryl methyl sites for hydroxylation is 2. The summed E-state index contributed by atoms with van der Waals surface area (Å²) in [5.74, 6) is 4.71. The van der Waals surface area contributed by atoms with Crippen molar-refractivity contribution in [1.82, 2.24) is 25.3 Å². The fraction of sp³-hybridized carbons (Fsp3) is 0.720. The molecule has 0 radical (unpaired) electrons. The van der Waals surface area contributed by atoms with E-state index in [2.05, 4.69) is 139 Å². The van der Waals surface area contributed by atoms with E-state index in [9.17, 15) is 28.8 Å². The van der Waals surface area contributed by atoms with Crippen molar-refractivity contribution in [3.05, 3.63) is 146 Å². The molecule has 624 valence electrons. The summed E-state index contributed by atoms with van der Waals surface area (Å²) in [6.07, 6.45) is 36.5. The van der Waals surface area contributed by atoms with E-state index in [-0.39, 0.29) is 170 Å². The van der Waals surface area contributed by atoms with Crippen LogP contribution in [0.15, 0.2) is 96.2 Å². The van der Waals surface area contributed by atoms with Crippen molar-refractivity contribution in [2.24, 2.45) is 140 Å². The number of hydrogen-bond donors (Lipinski definition) is 0. The number of ketones is 6. The summed E-state index contributed by atoms with van der Waals surface area (Å²) in [7, 11) is 0. The van der Waals surface area contributed by atoms with Crippen LogP contribution in [0, 0.1) is 173 Å². The number of carbonyl (C=O) groups is 6. The first-order valence-electron chi connectivity index (χ1n) is 44.5. The molecule has 0 aliphatic heterocycles. The van der Waals surface area contributed by atoms with Crippen LogP contribution in [0.3, 0.4) is 0 Å². The van der Waals surface area contributed by atoms with E-state index < -0.39 is 32.5 Å². The molecule has 0 saturated heterocycles. The van der Waals surface area contributed by atoms with Crippen molar-refractivity contribution in [1.29, 1.82) is 0 Å². The van der Waals surface area contributed by atoms with Gasteiger partial charge in [0.1, 0.15) is 5.76 Å². The zero-order chi connectivity index (χ0) is 85.0. The lowest BCUT2D eigenvalue weighted by molar-refractivity contribution is -0.172. The highest BCUT2D eigenvalue weighted by Gasteiger charge is 2.75. The Morgan fingerprint density at radius 2 is 0.786 bits per heavy atom. The van der Waals surface area contributed by atoms with Gasteiger partial charge < -0.3 is 27.7 Å². The van der Waals surface area contributed by atoms with Gasteiger partial charge in [-0.15, -0.1) is 10.2 Å². The summed E-state index contributed by atoms with van der Waals surface area (Å²) in [4.78, 5) is 104. The summed E-state index contributed by atoms with van der Waals surface area (Å²) in [5.41, 5.74) is -0.528. The first-order valence-corrected chi connectivity index (χ1v) is 44.5. The molecule has 17 nitrogen and oxygen atoms in total. The van der Waals surface area contributed by atoms with Gasteiger partial charge in [-0.3, -0.25) is 14.4 Å². The smallest absolute Gasteiger partial charge is 0.233 e. The number of rotatable bonds is 4. The van der Waals surface area contributed by atoms with Crippen LogP contribution < -0.4 is 0 Å². The van der Waals surface area contributed by atoms with Crippen LogP contribution in [-0.2, 0) is 46.0 Å². The van der Waals surface area contributed by atoms with Crippen molar-refractivity contribution in [3.8, 4) is 0 Å². The van der Waals surface area contributed by atoms with Crippen LogP contribution in [0.2, 0.25) is 0 Å². The minimum absolute atomic E-state index is 0.0197. The molecule has 0 unspecified atom stereocenters. The molecule has 0 bridgehead atoms. The highest BCUT2D eigenvalue weighted by Crippen LogP contribution is 2.80. The van der Waals surface area contributed by atoms with Gasteiger partial charge >= 0.3 is 0 Å². The van der Waals surface area contributed by atoms with Crippen LogP contribution in [0.25, 0.3) is 14.5 Å². The number of oxazole rings is 1. The zero-order valence-electron chi connectivity index (χ0n) is 74.6. The topological polar surface area (TPSA) is 219 Å². The van der Waals surface area contributed by atoms with Crippen LogP contribution in [0.4, 0.5) is 0 Å². The van der Waals surface area contributed by atoms with E-state index in [1.165, 1.54) is 12.0 Å². The number of hydrogen-bond acceptors (Lipinski definition) is 14. The summed E-state index contributed by atoms with van der Waals surface area (Å²) in [6, 6.07) is 0. The van der Waals surface area contributed by atoms with Gasteiger partial charge in [0, 0.05) is 56.7 Å². The van der Waals surface area contributed by atoms with E-state index in [4.69, 9.17) is 38.1 Å². The molecule has 18 rings (SSSR count). The molecule has 3 aromatic heterocycles. The average molecular weight is 1590 g/mol. The van der Waals surface area contributed by atoms with Crippen molar-refractivity contribution >= 4 is 34.7 Å². The first kappa shape index (κ1) is 83.1. The predicted molar refractivity (Wildman–Crippen MR) is 446 cm³/mol. The molecule has 0 aromatic carbocycles. The minimum atomic E-state index is -0.642. The Morgan fingerprint density at radius 3 is 1.14 bits per heavy atom.